The van der Waals surface area contributed by atoms with Crippen molar-refractivity contribution < 1.29 is 9.47 Å². The molecule has 2 aromatic carbocycles. The highest BCUT2D eigenvalue weighted by Gasteiger charge is 2.01. The van der Waals surface area contributed by atoms with E-state index < -0.39 is 0 Å². The Balaban J connectivity index is 2.18. The molecular formula is C13H10BrO2. The molecule has 0 bridgehead atoms. The minimum absolute atomic E-state index is 0.768. The Labute approximate surface area is 103 Å². The summed E-state index contributed by atoms with van der Waals surface area (Å²) in [7, 11) is 1.64. The third-order valence-electron chi connectivity index (χ3n) is 2.06. The molecule has 16 heavy (non-hydrogen) atoms. The highest BCUT2D eigenvalue weighted by atomic mass is 79.9. The van der Waals surface area contributed by atoms with Crippen LogP contribution in [0.3, 0.4) is 0 Å². The second-order valence-electron chi connectivity index (χ2n) is 3.13. The SMILES string of the molecule is COc1ccc(Oc2cc[c]cc2Br)cc1. The Hall–Kier alpha value is -1.48. The Bertz CT molecular complexity index is 466. The first-order chi connectivity index (χ1) is 7.79. The molecule has 0 saturated heterocycles. The normalized spacial score (nSPS) is 9.88. The highest BCUT2D eigenvalue weighted by Crippen LogP contribution is 2.29. The van der Waals surface area contributed by atoms with Crippen molar-refractivity contribution in [1.82, 2.24) is 0 Å². The van der Waals surface area contributed by atoms with Gasteiger partial charge in [0.15, 0.2) is 0 Å². The number of rotatable bonds is 3. The lowest BCUT2D eigenvalue weighted by Crippen LogP contribution is -1.86. The van der Waals surface area contributed by atoms with Gasteiger partial charge < -0.3 is 9.47 Å². The minimum atomic E-state index is 0.768. The van der Waals surface area contributed by atoms with Gasteiger partial charge in [-0.3, -0.25) is 0 Å². The fraction of sp³-hybridized carbons (Fsp3) is 0.0769. The number of halogens is 1. The van der Waals surface area contributed by atoms with Crippen LogP contribution in [0.1, 0.15) is 0 Å². The highest BCUT2D eigenvalue weighted by molar-refractivity contribution is 9.10. The van der Waals surface area contributed by atoms with Crippen molar-refractivity contribution in [1.29, 1.82) is 0 Å². The summed E-state index contributed by atoms with van der Waals surface area (Å²) < 4.78 is 11.6. The predicted molar refractivity (Wildman–Crippen MR) is 66.0 cm³/mol. The zero-order chi connectivity index (χ0) is 11.4. The van der Waals surface area contributed by atoms with Crippen molar-refractivity contribution in [3.05, 3.63) is 53.0 Å². The van der Waals surface area contributed by atoms with Crippen molar-refractivity contribution in [2.45, 2.75) is 0 Å². The molecule has 2 nitrogen and oxygen atoms in total. The van der Waals surface area contributed by atoms with Crippen LogP contribution >= 0.6 is 15.9 Å². The Morgan fingerprint density at radius 2 is 1.75 bits per heavy atom. The predicted octanol–water partition coefficient (Wildman–Crippen LogP) is 4.05. The van der Waals surface area contributed by atoms with Crippen LogP contribution < -0.4 is 9.47 Å². The van der Waals surface area contributed by atoms with Crippen LogP contribution in [-0.4, -0.2) is 7.11 Å². The van der Waals surface area contributed by atoms with Crippen LogP contribution in [0, 0.1) is 6.07 Å². The quantitative estimate of drug-likeness (QED) is 0.843. The molecule has 0 saturated carbocycles. The molecule has 0 N–H and O–H groups in total. The second-order valence-corrected chi connectivity index (χ2v) is 3.99. The molecule has 0 amide bonds. The van der Waals surface area contributed by atoms with Gasteiger partial charge in [0.25, 0.3) is 0 Å². The lowest BCUT2D eigenvalue weighted by Gasteiger charge is -2.07. The second kappa shape index (κ2) is 5.03. The summed E-state index contributed by atoms with van der Waals surface area (Å²) in [4.78, 5) is 0. The maximum Gasteiger partial charge on any atom is 0.141 e. The molecule has 2 aromatic rings. The monoisotopic (exact) mass is 277 g/mol. The van der Waals surface area contributed by atoms with Gasteiger partial charge in [-0.05, 0) is 58.4 Å². The van der Waals surface area contributed by atoms with E-state index in [1.165, 1.54) is 0 Å². The van der Waals surface area contributed by atoms with Gasteiger partial charge in [0.05, 0.1) is 11.6 Å². The van der Waals surface area contributed by atoms with E-state index in [-0.39, 0.29) is 0 Å². The maximum absolute atomic E-state index is 5.69. The van der Waals surface area contributed by atoms with Crippen LogP contribution in [0.5, 0.6) is 17.2 Å². The summed E-state index contributed by atoms with van der Waals surface area (Å²) in [5, 5.41) is 0. The third kappa shape index (κ3) is 2.55. The molecule has 0 heterocycles. The molecule has 1 radical (unpaired) electrons. The minimum Gasteiger partial charge on any atom is -0.497 e. The third-order valence-corrected chi connectivity index (χ3v) is 2.68. The summed E-state index contributed by atoms with van der Waals surface area (Å²) in [5.41, 5.74) is 0. The van der Waals surface area contributed by atoms with Crippen LogP contribution in [0.25, 0.3) is 0 Å². The van der Waals surface area contributed by atoms with E-state index in [0.29, 0.717) is 0 Å². The van der Waals surface area contributed by atoms with Crippen LogP contribution in [-0.2, 0) is 0 Å². The molecule has 81 valence electrons. The summed E-state index contributed by atoms with van der Waals surface area (Å²) in [6, 6.07) is 15.9. The van der Waals surface area contributed by atoms with Gasteiger partial charge in [0.1, 0.15) is 17.2 Å². The van der Waals surface area contributed by atoms with E-state index >= 15 is 0 Å². The van der Waals surface area contributed by atoms with Crippen LogP contribution in [0.2, 0.25) is 0 Å². The number of methoxy groups -OCH3 is 1. The molecule has 0 spiro atoms. The molecule has 0 atom stereocenters. The average molecular weight is 278 g/mol. The Morgan fingerprint density at radius 1 is 1.06 bits per heavy atom. The van der Waals surface area contributed by atoms with Crippen LogP contribution in [0.15, 0.2) is 46.9 Å². The molecule has 0 fully saturated rings. The smallest absolute Gasteiger partial charge is 0.141 e. The fourth-order valence-corrected chi connectivity index (χ4v) is 1.59. The van der Waals surface area contributed by atoms with Crippen LogP contribution in [0.4, 0.5) is 0 Å². The number of benzene rings is 2. The zero-order valence-corrected chi connectivity index (χ0v) is 10.3. The molecule has 0 aliphatic heterocycles. The van der Waals surface area contributed by atoms with Crippen molar-refractivity contribution in [2.24, 2.45) is 0 Å². The van der Waals surface area contributed by atoms with Gasteiger partial charge in [-0.15, -0.1) is 0 Å². The van der Waals surface area contributed by atoms with E-state index in [2.05, 4.69) is 22.0 Å². The number of hydrogen-bond acceptors (Lipinski definition) is 2. The van der Waals surface area contributed by atoms with Gasteiger partial charge in [0.2, 0.25) is 0 Å². The molecule has 0 unspecified atom stereocenters. The fourth-order valence-electron chi connectivity index (χ4n) is 1.25. The van der Waals surface area contributed by atoms with Gasteiger partial charge in [-0.2, -0.15) is 0 Å². The van der Waals surface area contributed by atoms with Crippen molar-refractivity contribution >= 4 is 15.9 Å². The molecular weight excluding hydrogens is 268 g/mol. The molecule has 0 aromatic heterocycles. The average Bonchev–Trinajstić information content (AvgIpc) is 2.33. The molecule has 3 heteroatoms. The van der Waals surface area contributed by atoms with Gasteiger partial charge in [-0.1, -0.05) is 6.07 Å². The summed E-state index contributed by atoms with van der Waals surface area (Å²) in [6.45, 7) is 0. The molecule has 0 aliphatic carbocycles. The lowest BCUT2D eigenvalue weighted by molar-refractivity contribution is 0.412. The standard InChI is InChI=1S/C13H10BrO2/c1-15-10-6-8-11(9-7-10)16-13-5-3-2-4-12(13)14/h3-9H,1H3. The van der Waals surface area contributed by atoms with Gasteiger partial charge >= 0.3 is 0 Å². The van der Waals surface area contributed by atoms with E-state index in [0.717, 1.165) is 21.7 Å². The van der Waals surface area contributed by atoms with Gasteiger partial charge in [-0.25, -0.2) is 0 Å². The Morgan fingerprint density at radius 3 is 2.38 bits per heavy atom. The van der Waals surface area contributed by atoms with E-state index in [1.54, 1.807) is 7.11 Å². The van der Waals surface area contributed by atoms with E-state index in [4.69, 9.17) is 9.47 Å². The Kier molecular flexibility index (Phi) is 3.47. The molecule has 2 rings (SSSR count). The number of ether oxygens (including phenoxy) is 2. The summed E-state index contributed by atoms with van der Waals surface area (Å²) in [6.07, 6.45) is 0. The lowest BCUT2D eigenvalue weighted by atomic mass is 10.3. The topological polar surface area (TPSA) is 18.5 Å². The summed E-state index contributed by atoms with van der Waals surface area (Å²) in [5.74, 6) is 2.35. The number of hydrogen-bond donors (Lipinski definition) is 0. The maximum atomic E-state index is 5.69. The van der Waals surface area contributed by atoms with E-state index in [9.17, 15) is 0 Å². The molecule has 0 aliphatic rings. The largest absolute Gasteiger partial charge is 0.497 e. The first-order valence-electron chi connectivity index (χ1n) is 4.77. The van der Waals surface area contributed by atoms with Crippen molar-refractivity contribution in [3.8, 4) is 17.2 Å². The van der Waals surface area contributed by atoms with Crippen molar-refractivity contribution in [2.75, 3.05) is 7.11 Å². The van der Waals surface area contributed by atoms with E-state index in [1.807, 2.05) is 42.5 Å². The summed E-state index contributed by atoms with van der Waals surface area (Å²) >= 11 is 3.40. The van der Waals surface area contributed by atoms with Crippen molar-refractivity contribution in [3.63, 3.8) is 0 Å². The first kappa shape index (κ1) is 11.0. The zero-order valence-electron chi connectivity index (χ0n) is 8.74. The van der Waals surface area contributed by atoms with Gasteiger partial charge in [0, 0.05) is 0 Å². The first-order valence-corrected chi connectivity index (χ1v) is 5.56.